The van der Waals surface area contributed by atoms with Crippen molar-refractivity contribution in [3.63, 3.8) is 0 Å². The van der Waals surface area contributed by atoms with Crippen LogP contribution in [0.5, 0.6) is 0 Å². The molecule has 0 fully saturated rings. The van der Waals surface area contributed by atoms with Gasteiger partial charge in [-0.3, -0.25) is 9.48 Å². The minimum atomic E-state index is -0.0292. The molecule has 0 saturated carbocycles. The maximum absolute atomic E-state index is 11.8. The molecule has 0 aliphatic rings. The number of hydrogen-bond donors (Lipinski definition) is 2. The van der Waals surface area contributed by atoms with E-state index < -0.39 is 0 Å². The molecule has 1 aromatic heterocycles. The van der Waals surface area contributed by atoms with Crippen LogP contribution >= 0.6 is 11.8 Å². The second-order valence-corrected chi connectivity index (χ2v) is 5.62. The third-order valence-corrected chi connectivity index (χ3v) is 4.88. The standard InChI is InChI=1S/C12H22N4OS/c1-4-12(5-2,18-3)9-14-11(17)8-16-7-10(13)6-15-16/h6-7H,4-5,8-9,13H2,1-3H3,(H,14,17). The van der Waals surface area contributed by atoms with Gasteiger partial charge in [0, 0.05) is 17.5 Å². The predicted molar refractivity (Wildman–Crippen MR) is 76.5 cm³/mol. The molecule has 5 nitrogen and oxygen atoms in total. The number of nitrogens with one attached hydrogen (secondary N) is 1. The summed E-state index contributed by atoms with van der Waals surface area (Å²) in [5.41, 5.74) is 6.12. The van der Waals surface area contributed by atoms with Crippen LogP contribution in [0.15, 0.2) is 12.4 Å². The molecule has 1 amide bonds. The van der Waals surface area contributed by atoms with Gasteiger partial charge in [0.1, 0.15) is 6.54 Å². The quantitative estimate of drug-likeness (QED) is 0.787. The van der Waals surface area contributed by atoms with Crippen molar-refractivity contribution in [1.29, 1.82) is 0 Å². The van der Waals surface area contributed by atoms with E-state index >= 15 is 0 Å². The summed E-state index contributed by atoms with van der Waals surface area (Å²) in [7, 11) is 0. The molecule has 0 radical (unpaired) electrons. The number of rotatable bonds is 7. The molecule has 0 atom stereocenters. The molecule has 18 heavy (non-hydrogen) atoms. The third kappa shape index (κ3) is 3.94. The largest absolute Gasteiger partial charge is 0.396 e. The average molecular weight is 270 g/mol. The van der Waals surface area contributed by atoms with Gasteiger partial charge in [-0.05, 0) is 19.1 Å². The van der Waals surface area contributed by atoms with Gasteiger partial charge in [0.15, 0.2) is 0 Å². The van der Waals surface area contributed by atoms with E-state index in [1.807, 2.05) is 11.8 Å². The summed E-state index contributed by atoms with van der Waals surface area (Å²) in [6.07, 6.45) is 7.37. The number of anilines is 1. The second-order valence-electron chi connectivity index (χ2n) is 4.34. The summed E-state index contributed by atoms with van der Waals surface area (Å²) in [4.78, 5) is 11.8. The van der Waals surface area contributed by atoms with Crippen molar-refractivity contribution in [1.82, 2.24) is 15.1 Å². The fourth-order valence-electron chi connectivity index (χ4n) is 1.79. The zero-order valence-corrected chi connectivity index (χ0v) is 12.1. The van der Waals surface area contributed by atoms with E-state index in [1.165, 1.54) is 6.20 Å². The van der Waals surface area contributed by atoms with Crippen LogP contribution in [0.3, 0.4) is 0 Å². The van der Waals surface area contributed by atoms with Crippen molar-refractivity contribution in [3.8, 4) is 0 Å². The number of hydrogen-bond acceptors (Lipinski definition) is 4. The summed E-state index contributed by atoms with van der Waals surface area (Å²) < 4.78 is 1.68. The highest BCUT2D eigenvalue weighted by molar-refractivity contribution is 8.00. The molecule has 0 bridgehead atoms. The number of carbonyl (C=O) groups excluding carboxylic acids is 1. The van der Waals surface area contributed by atoms with Crippen LogP contribution in [0.1, 0.15) is 26.7 Å². The SMILES string of the molecule is CCC(CC)(CNC(=O)Cn1cc(N)cn1)SC. The van der Waals surface area contributed by atoms with E-state index in [9.17, 15) is 4.79 Å². The normalized spacial score (nSPS) is 11.5. The molecule has 1 aromatic rings. The zero-order chi connectivity index (χ0) is 13.6. The number of thioether (sulfide) groups is 1. The molecule has 0 saturated heterocycles. The lowest BCUT2D eigenvalue weighted by molar-refractivity contribution is -0.121. The van der Waals surface area contributed by atoms with Crippen molar-refractivity contribution < 1.29 is 4.79 Å². The van der Waals surface area contributed by atoms with Crippen molar-refractivity contribution >= 4 is 23.4 Å². The molecule has 0 aromatic carbocycles. The zero-order valence-electron chi connectivity index (χ0n) is 11.3. The molecule has 1 rings (SSSR count). The van der Waals surface area contributed by atoms with E-state index in [1.54, 1.807) is 10.9 Å². The number of carbonyl (C=O) groups is 1. The Bertz CT molecular complexity index is 379. The Morgan fingerprint density at radius 3 is 2.67 bits per heavy atom. The van der Waals surface area contributed by atoms with Crippen molar-refractivity contribution in [2.45, 2.75) is 38.0 Å². The van der Waals surface area contributed by atoms with Gasteiger partial charge in [0.2, 0.25) is 5.91 Å². The first-order valence-corrected chi connectivity index (χ1v) is 7.37. The van der Waals surface area contributed by atoms with Gasteiger partial charge in [-0.1, -0.05) is 13.8 Å². The molecule has 1 heterocycles. The van der Waals surface area contributed by atoms with Crippen LogP contribution in [-0.4, -0.2) is 33.2 Å². The second kappa shape index (κ2) is 6.68. The van der Waals surface area contributed by atoms with E-state index in [2.05, 4.69) is 30.5 Å². The molecule has 6 heteroatoms. The monoisotopic (exact) mass is 270 g/mol. The first kappa shape index (κ1) is 14.9. The van der Waals surface area contributed by atoms with E-state index in [-0.39, 0.29) is 17.2 Å². The number of aromatic nitrogens is 2. The lowest BCUT2D eigenvalue weighted by atomic mass is 10.0. The van der Waals surface area contributed by atoms with Crippen molar-refractivity contribution in [2.24, 2.45) is 0 Å². The Morgan fingerprint density at radius 1 is 1.56 bits per heavy atom. The molecular formula is C12H22N4OS. The Hall–Kier alpha value is -1.17. The molecule has 0 unspecified atom stereocenters. The number of amides is 1. The Balaban J connectivity index is 2.45. The molecule has 0 spiro atoms. The van der Waals surface area contributed by atoms with Gasteiger partial charge in [-0.15, -0.1) is 0 Å². The first-order valence-electron chi connectivity index (χ1n) is 6.15. The lowest BCUT2D eigenvalue weighted by Gasteiger charge is -2.29. The molecule has 0 aliphatic carbocycles. The maximum atomic E-state index is 11.8. The van der Waals surface area contributed by atoms with Gasteiger partial charge in [0.05, 0.1) is 11.9 Å². The molecule has 3 N–H and O–H groups in total. The van der Waals surface area contributed by atoms with Crippen LogP contribution in [0, 0.1) is 0 Å². The van der Waals surface area contributed by atoms with E-state index in [0.717, 1.165) is 12.8 Å². The molecular weight excluding hydrogens is 248 g/mol. The fraction of sp³-hybridized carbons (Fsp3) is 0.667. The number of nitrogen functional groups attached to an aromatic ring is 1. The predicted octanol–water partition coefficient (Wildman–Crippen LogP) is 1.50. The van der Waals surface area contributed by atoms with Gasteiger partial charge in [-0.2, -0.15) is 16.9 Å². The summed E-state index contributed by atoms with van der Waals surface area (Å²) in [5, 5.41) is 6.96. The fourth-order valence-corrected chi connectivity index (χ4v) is 2.58. The smallest absolute Gasteiger partial charge is 0.241 e. The van der Waals surface area contributed by atoms with Crippen LogP contribution in [-0.2, 0) is 11.3 Å². The van der Waals surface area contributed by atoms with Crippen LogP contribution in [0.25, 0.3) is 0 Å². The van der Waals surface area contributed by atoms with E-state index in [0.29, 0.717) is 12.2 Å². The first-order chi connectivity index (χ1) is 8.55. The van der Waals surface area contributed by atoms with E-state index in [4.69, 9.17) is 5.73 Å². The summed E-state index contributed by atoms with van der Waals surface area (Å²) >= 11 is 1.81. The number of nitrogens with two attached hydrogens (primary N) is 1. The van der Waals surface area contributed by atoms with Gasteiger partial charge in [-0.25, -0.2) is 0 Å². The Labute approximate surface area is 112 Å². The van der Waals surface area contributed by atoms with Crippen LogP contribution in [0.2, 0.25) is 0 Å². The highest BCUT2D eigenvalue weighted by Gasteiger charge is 2.25. The summed E-state index contributed by atoms with van der Waals surface area (Å²) in [6.45, 7) is 5.21. The van der Waals surface area contributed by atoms with Gasteiger partial charge in [0.25, 0.3) is 0 Å². The summed E-state index contributed by atoms with van der Waals surface area (Å²) in [5.74, 6) is -0.0292. The van der Waals surface area contributed by atoms with Crippen LogP contribution in [0.4, 0.5) is 5.69 Å². The highest BCUT2D eigenvalue weighted by atomic mass is 32.2. The van der Waals surface area contributed by atoms with Crippen molar-refractivity contribution in [3.05, 3.63) is 12.4 Å². The van der Waals surface area contributed by atoms with Gasteiger partial charge >= 0.3 is 0 Å². The topological polar surface area (TPSA) is 72.9 Å². The Kier molecular flexibility index (Phi) is 5.53. The minimum absolute atomic E-state index is 0.0292. The Morgan fingerprint density at radius 2 is 2.22 bits per heavy atom. The van der Waals surface area contributed by atoms with Crippen LogP contribution < -0.4 is 11.1 Å². The lowest BCUT2D eigenvalue weighted by Crippen LogP contribution is -2.40. The average Bonchev–Trinajstić information content (AvgIpc) is 2.77. The molecule has 0 aliphatic heterocycles. The third-order valence-electron chi connectivity index (χ3n) is 3.29. The highest BCUT2D eigenvalue weighted by Crippen LogP contribution is 2.29. The minimum Gasteiger partial charge on any atom is -0.396 e. The summed E-state index contributed by atoms with van der Waals surface area (Å²) in [6, 6.07) is 0. The van der Waals surface area contributed by atoms with Gasteiger partial charge < -0.3 is 11.1 Å². The number of nitrogens with zero attached hydrogens (tertiary/aromatic N) is 2. The maximum Gasteiger partial charge on any atom is 0.241 e. The van der Waals surface area contributed by atoms with Crippen molar-refractivity contribution in [2.75, 3.05) is 18.5 Å². The molecule has 102 valence electrons.